The Labute approximate surface area is 205 Å². The SMILES string of the molecule is COc1ccc(C(CNC(=NCC(=O)N(C)C)NCC(C)C)N2CCCCC2)cc1.I. The minimum absolute atomic E-state index is 0. The zero-order chi connectivity index (χ0) is 21.9. The van der Waals surface area contributed by atoms with Gasteiger partial charge < -0.3 is 20.3 Å². The number of rotatable bonds is 9. The van der Waals surface area contributed by atoms with Crippen LogP contribution in [0, 0.1) is 5.92 Å². The van der Waals surface area contributed by atoms with Gasteiger partial charge in [-0.1, -0.05) is 32.4 Å². The number of aliphatic imine (C=N–C) groups is 1. The molecule has 0 radical (unpaired) electrons. The number of halogens is 1. The topological polar surface area (TPSA) is 69.2 Å². The third-order valence-corrected chi connectivity index (χ3v) is 5.34. The molecule has 2 rings (SSSR count). The predicted molar refractivity (Wildman–Crippen MR) is 138 cm³/mol. The number of likely N-dealkylation sites (tertiary alicyclic amines) is 1. The van der Waals surface area contributed by atoms with Crippen molar-refractivity contribution < 1.29 is 9.53 Å². The van der Waals surface area contributed by atoms with Gasteiger partial charge in [0.2, 0.25) is 5.91 Å². The molecule has 1 aromatic rings. The van der Waals surface area contributed by atoms with Gasteiger partial charge in [0, 0.05) is 27.2 Å². The smallest absolute Gasteiger partial charge is 0.243 e. The summed E-state index contributed by atoms with van der Waals surface area (Å²) < 4.78 is 5.33. The molecule has 1 aliphatic heterocycles. The van der Waals surface area contributed by atoms with E-state index in [0.717, 1.165) is 31.9 Å². The lowest BCUT2D eigenvalue weighted by Gasteiger charge is -2.35. The Bertz CT molecular complexity index is 673. The van der Waals surface area contributed by atoms with E-state index in [0.29, 0.717) is 11.9 Å². The summed E-state index contributed by atoms with van der Waals surface area (Å²) in [4.78, 5) is 20.6. The van der Waals surface area contributed by atoms with E-state index in [2.05, 4.69) is 46.5 Å². The maximum absolute atomic E-state index is 12.0. The van der Waals surface area contributed by atoms with Gasteiger partial charge in [-0.3, -0.25) is 9.69 Å². The number of hydrogen-bond acceptors (Lipinski definition) is 4. The molecule has 8 heteroatoms. The number of benzene rings is 1. The van der Waals surface area contributed by atoms with Crippen LogP contribution in [0.2, 0.25) is 0 Å². The molecule has 1 saturated heterocycles. The highest BCUT2D eigenvalue weighted by Crippen LogP contribution is 2.25. The summed E-state index contributed by atoms with van der Waals surface area (Å²) in [5, 5.41) is 6.86. The van der Waals surface area contributed by atoms with Gasteiger partial charge in [-0.15, -0.1) is 24.0 Å². The molecule has 0 saturated carbocycles. The molecule has 1 amide bonds. The second kappa shape index (κ2) is 14.5. The fraction of sp³-hybridized carbons (Fsp3) is 0.652. The Kier molecular flexibility index (Phi) is 12.9. The predicted octanol–water partition coefficient (Wildman–Crippen LogP) is 3.12. The van der Waals surface area contributed by atoms with E-state index in [4.69, 9.17) is 4.74 Å². The molecule has 0 aromatic heterocycles. The van der Waals surface area contributed by atoms with Crippen molar-refractivity contribution in [2.24, 2.45) is 10.9 Å². The van der Waals surface area contributed by atoms with Crippen LogP contribution >= 0.6 is 24.0 Å². The van der Waals surface area contributed by atoms with Crippen LogP contribution < -0.4 is 15.4 Å². The van der Waals surface area contributed by atoms with Crippen molar-refractivity contribution in [3.8, 4) is 5.75 Å². The van der Waals surface area contributed by atoms with Crippen LogP contribution in [-0.2, 0) is 4.79 Å². The molecule has 176 valence electrons. The Morgan fingerprint density at radius 1 is 1.10 bits per heavy atom. The first-order valence-corrected chi connectivity index (χ1v) is 11.0. The highest BCUT2D eigenvalue weighted by atomic mass is 127. The number of nitrogens with one attached hydrogen (secondary N) is 2. The van der Waals surface area contributed by atoms with Crippen molar-refractivity contribution in [2.45, 2.75) is 39.2 Å². The van der Waals surface area contributed by atoms with Gasteiger partial charge in [-0.25, -0.2) is 4.99 Å². The highest BCUT2D eigenvalue weighted by Gasteiger charge is 2.23. The van der Waals surface area contributed by atoms with Gasteiger partial charge in [0.25, 0.3) is 0 Å². The van der Waals surface area contributed by atoms with Crippen LogP contribution in [0.1, 0.15) is 44.7 Å². The molecule has 7 nitrogen and oxygen atoms in total. The van der Waals surface area contributed by atoms with E-state index >= 15 is 0 Å². The normalized spacial score (nSPS) is 15.7. The van der Waals surface area contributed by atoms with Crippen molar-refractivity contribution in [1.29, 1.82) is 0 Å². The molecule has 1 aliphatic rings. The Morgan fingerprint density at radius 2 is 1.71 bits per heavy atom. The second-order valence-electron chi connectivity index (χ2n) is 8.49. The number of piperidine rings is 1. The molecule has 1 unspecified atom stereocenters. The standard InChI is InChI=1S/C23H39N5O2.HI/c1-18(2)15-24-23(26-17-22(29)27(3)4)25-16-21(28-13-7-6-8-14-28)19-9-11-20(30-5)12-10-19;/h9-12,18,21H,6-8,13-17H2,1-5H3,(H2,24,25,26);1H. The summed E-state index contributed by atoms with van der Waals surface area (Å²) in [7, 11) is 5.20. The summed E-state index contributed by atoms with van der Waals surface area (Å²) in [6, 6.07) is 8.58. The Morgan fingerprint density at radius 3 is 2.26 bits per heavy atom. The lowest BCUT2D eigenvalue weighted by molar-refractivity contribution is -0.127. The number of methoxy groups -OCH3 is 1. The number of carbonyl (C=O) groups is 1. The number of guanidine groups is 1. The fourth-order valence-corrected chi connectivity index (χ4v) is 3.47. The lowest BCUT2D eigenvalue weighted by Crippen LogP contribution is -2.45. The van der Waals surface area contributed by atoms with Crippen molar-refractivity contribution in [3.63, 3.8) is 0 Å². The quantitative estimate of drug-likeness (QED) is 0.284. The van der Waals surface area contributed by atoms with E-state index in [1.165, 1.54) is 24.8 Å². The summed E-state index contributed by atoms with van der Waals surface area (Å²) >= 11 is 0. The van der Waals surface area contributed by atoms with E-state index < -0.39 is 0 Å². The first-order chi connectivity index (χ1) is 14.4. The monoisotopic (exact) mass is 545 g/mol. The number of carbonyl (C=O) groups excluding carboxylic acids is 1. The van der Waals surface area contributed by atoms with Gasteiger partial charge in [0.05, 0.1) is 13.2 Å². The first-order valence-electron chi connectivity index (χ1n) is 11.0. The molecule has 2 N–H and O–H groups in total. The maximum atomic E-state index is 12.0. The molecule has 0 spiro atoms. The number of nitrogens with zero attached hydrogens (tertiary/aromatic N) is 3. The Hall–Kier alpha value is -1.55. The number of likely N-dealkylation sites (N-methyl/N-ethyl adjacent to an activating group) is 1. The van der Waals surface area contributed by atoms with Crippen LogP contribution in [0.25, 0.3) is 0 Å². The summed E-state index contributed by atoms with van der Waals surface area (Å²) in [6.45, 7) is 8.18. The minimum atomic E-state index is -0.0108. The van der Waals surface area contributed by atoms with Crippen molar-refractivity contribution >= 4 is 35.8 Å². The van der Waals surface area contributed by atoms with Crippen LogP contribution in [0.5, 0.6) is 5.75 Å². The average Bonchev–Trinajstić information content (AvgIpc) is 2.75. The van der Waals surface area contributed by atoms with Gasteiger partial charge in [0.15, 0.2) is 5.96 Å². The minimum Gasteiger partial charge on any atom is -0.497 e. The Balaban J connectivity index is 0.00000480. The van der Waals surface area contributed by atoms with Gasteiger partial charge >= 0.3 is 0 Å². The third kappa shape index (κ3) is 9.64. The second-order valence-corrected chi connectivity index (χ2v) is 8.49. The molecule has 1 fully saturated rings. The van der Waals surface area contributed by atoms with E-state index in [1.807, 2.05) is 12.1 Å². The van der Waals surface area contributed by atoms with Crippen LogP contribution in [-0.4, -0.2) is 75.6 Å². The van der Waals surface area contributed by atoms with E-state index in [9.17, 15) is 4.79 Å². The molecule has 0 bridgehead atoms. The largest absolute Gasteiger partial charge is 0.497 e. The fourth-order valence-electron chi connectivity index (χ4n) is 3.47. The van der Waals surface area contributed by atoms with Gasteiger partial charge in [0.1, 0.15) is 12.3 Å². The van der Waals surface area contributed by atoms with Crippen LogP contribution in [0.15, 0.2) is 29.3 Å². The van der Waals surface area contributed by atoms with Crippen molar-refractivity contribution in [2.75, 3.05) is 53.9 Å². The molecule has 1 aromatic carbocycles. The molecular weight excluding hydrogens is 505 g/mol. The average molecular weight is 546 g/mol. The zero-order valence-electron chi connectivity index (χ0n) is 19.7. The molecule has 1 atom stereocenters. The van der Waals surface area contributed by atoms with Gasteiger partial charge in [-0.2, -0.15) is 0 Å². The number of hydrogen-bond donors (Lipinski definition) is 2. The van der Waals surface area contributed by atoms with E-state index in [-0.39, 0.29) is 42.5 Å². The van der Waals surface area contributed by atoms with Crippen LogP contribution in [0.3, 0.4) is 0 Å². The summed E-state index contributed by atoms with van der Waals surface area (Å²) in [6.07, 6.45) is 3.77. The van der Waals surface area contributed by atoms with Gasteiger partial charge in [-0.05, 0) is 49.5 Å². The molecule has 1 heterocycles. The summed E-state index contributed by atoms with van der Waals surface area (Å²) in [5.74, 6) is 2.03. The number of ether oxygens (including phenoxy) is 1. The van der Waals surface area contributed by atoms with Crippen LogP contribution in [0.4, 0.5) is 0 Å². The van der Waals surface area contributed by atoms with E-state index in [1.54, 1.807) is 26.1 Å². The summed E-state index contributed by atoms with van der Waals surface area (Å²) in [5.41, 5.74) is 1.26. The lowest BCUT2D eigenvalue weighted by atomic mass is 10.0. The first kappa shape index (κ1) is 27.5. The number of amides is 1. The van der Waals surface area contributed by atoms with Crippen molar-refractivity contribution in [3.05, 3.63) is 29.8 Å². The maximum Gasteiger partial charge on any atom is 0.243 e. The van der Waals surface area contributed by atoms with Crippen molar-refractivity contribution in [1.82, 2.24) is 20.4 Å². The molecule has 31 heavy (non-hydrogen) atoms. The molecule has 0 aliphatic carbocycles. The molecular formula is C23H40IN5O2. The third-order valence-electron chi connectivity index (χ3n) is 5.34. The highest BCUT2D eigenvalue weighted by molar-refractivity contribution is 14.0. The zero-order valence-corrected chi connectivity index (χ0v) is 22.0.